The molecule has 0 amide bonds. The van der Waals surface area contributed by atoms with Crippen LogP contribution in [0, 0.1) is 0 Å². The summed E-state index contributed by atoms with van der Waals surface area (Å²) in [4.78, 5) is 14.0. The van der Waals surface area contributed by atoms with Gasteiger partial charge in [-0.3, -0.25) is 4.79 Å². The molecule has 0 saturated carbocycles. The molecule has 1 aromatic carbocycles. The van der Waals surface area contributed by atoms with E-state index in [1.165, 1.54) is 6.07 Å². The molecule has 1 atom stereocenters. The third-order valence-corrected chi connectivity index (χ3v) is 4.37. The molecule has 1 aliphatic rings. The number of hydrogen-bond acceptors (Lipinski definition) is 5. The summed E-state index contributed by atoms with van der Waals surface area (Å²) < 4.78 is 28.2. The van der Waals surface area contributed by atoms with Crippen molar-refractivity contribution in [3.8, 4) is 0 Å². The molecule has 0 bridgehead atoms. The summed E-state index contributed by atoms with van der Waals surface area (Å²) in [5.41, 5.74) is 1.20. The van der Waals surface area contributed by atoms with Gasteiger partial charge in [-0.05, 0) is 57.9 Å². The zero-order chi connectivity index (χ0) is 16.7. The molecule has 0 fully saturated rings. The number of hydrogen-bond donors (Lipinski definition) is 1. The van der Waals surface area contributed by atoms with Gasteiger partial charge in [0.1, 0.15) is 12.1 Å². The maximum Gasteiger partial charge on any atom is 0.326 e. The number of benzene rings is 1. The van der Waals surface area contributed by atoms with E-state index in [-0.39, 0.29) is 23.5 Å². The SMILES string of the molecule is C[C@H]1Cc2cc(S(N)(=O)=O)ccc2N1CC(=O)OC(C)(C)C. The number of nitrogens with zero attached hydrogens (tertiary/aromatic N) is 1. The predicted octanol–water partition coefficient (Wildman–Crippen LogP) is 1.43. The standard InChI is InChI=1S/C15H22N2O4S/c1-10-7-11-8-12(22(16,19)20)5-6-13(11)17(10)9-14(18)21-15(2,3)4/h5-6,8,10H,7,9H2,1-4H3,(H2,16,19,20)/t10-/m0/s1. The Morgan fingerprint density at radius 2 is 2.05 bits per heavy atom. The van der Waals surface area contributed by atoms with Crippen molar-refractivity contribution in [3.05, 3.63) is 23.8 Å². The van der Waals surface area contributed by atoms with Gasteiger partial charge in [-0.25, -0.2) is 13.6 Å². The molecule has 2 rings (SSSR count). The van der Waals surface area contributed by atoms with E-state index < -0.39 is 15.6 Å². The monoisotopic (exact) mass is 326 g/mol. The van der Waals surface area contributed by atoms with Gasteiger partial charge in [0.15, 0.2) is 0 Å². The van der Waals surface area contributed by atoms with Crippen molar-refractivity contribution in [1.29, 1.82) is 0 Å². The van der Waals surface area contributed by atoms with Gasteiger partial charge >= 0.3 is 5.97 Å². The van der Waals surface area contributed by atoms with Crippen LogP contribution in [0.25, 0.3) is 0 Å². The number of carbonyl (C=O) groups is 1. The van der Waals surface area contributed by atoms with Crippen LogP contribution in [0.1, 0.15) is 33.3 Å². The minimum Gasteiger partial charge on any atom is -0.459 e. The van der Waals surface area contributed by atoms with Gasteiger partial charge in [-0.1, -0.05) is 0 Å². The summed E-state index contributed by atoms with van der Waals surface area (Å²) >= 11 is 0. The molecule has 6 nitrogen and oxygen atoms in total. The van der Waals surface area contributed by atoms with Gasteiger partial charge in [0.25, 0.3) is 0 Å². The van der Waals surface area contributed by atoms with Crippen LogP contribution in [-0.4, -0.2) is 32.6 Å². The third-order valence-electron chi connectivity index (χ3n) is 3.46. The fraction of sp³-hybridized carbons (Fsp3) is 0.533. The van der Waals surface area contributed by atoms with E-state index in [9.17, 15) is 13.2 Å². The second-order valence-electron chi connectivity index (χ2n) is 6.60. The number of nitrogens with two attached hydrogens (primary N) is 1. The van der Waals surface area contributed by atoms with Gasteiger partial charge in [0.2, 0.25) is 10.0 Å². The summed E-state index contributed by atoms with van der Waals surface area (Å²) in [6, 6.07) is 4.84. The van der Waals surface area contributed by atoms with E-state index in [0.717, 1.165) is 11.3 Å². The second-order valence-corrected chi connectivity index (χ2v) is 8.16. The Labute approximate surface area is 131 Å². The minimum absolute atomic E-state index is 0.0950. The van der Waals surface area contributed by atoms with E-state index in [1.54, 1.807) is 12.1 Å². The highest BCUT2D eigenvalue weighted by atomic mass is 32.2. The van der Waals surface area contributed by atoms with Crippen LogP contribution < -0.4 is 10.0 Å². The van der Waals surface area contributed by atoms with Crippen LogP contribution >= 0.6 is 0 Å². The van der Waals surface area contributed by atoms with Crippen LogP contribution in [0.15, 0.2) is 23.1 Å². The van der Waals surface area contributed by atoms with Gasteiger partial charge in [-0.15, -0.1) is 0 Å². The van der Waals surface area contributed by atoms with E-state index in [4.69, 9.17) is 9.88 Å². The Morgan fingerprint density at radius 1 is 1.41 bits per heavy atom. The smallest absolute Gasteiger partial charge is 0.326 e. The normalized spacial score (nSPS) is 18.2. The van der Waals surface area contributed by atoms with Crippen molar-refractivity contribution >= 4 is 21.7 Å². The quantitative estimate of drug-likeness (QED) is 0.849. The fourth-order valence-corrected chi connectivity index (χ4v) is 3.17. The largest absolute Gasteiger partial charge is 0.459 e. The molecule has 1 aliphatic heterocycles. The molecule has 0 aromatic heterocycles. The van der Waals surface area contributed by atoms with Gasteiger partial charge in [-0.2, -0.15) is 0 Å². The second kappa shape index (κ2) is 5.55. The Balaban J connectivity index is 2.22. The Morgan fingerprint density at radius 3 is 2.59 bits per heavy atom. The molecule has 0 aliphatic carbocycles. The average Bonchev–Trinajstić information content (AvgIpc) is 2.61. The van der Waals surface area contributed by atoms with E-state index >= 15 is 0 Å². The highest BCUT2D eigenvalue weighted by Crippen LogP contribution is 2.33. The number of esters is 1. The predicted molar refractivity (Wildman–Crippen MR) is 84.2 cm³/mol. The first kappa shape index (κ1) is 16.8. The minimum atomic E-state index is -3.72. The molecule has 0 saturated heterocycles. The molecular weight excluding hydrogens is 304 g/mol. The van der Waals surface area contributed by atoms with E-state index in [2.05, 4.69) is 0 Å². The maximum absolute atomic E-state index is 12.0. The zero-order valence-corrected chi connectivity index (χ0v) is 14.1. The molecule has 7 heteroatoms. The van der Waals surface area contributed by atoms with Crippen molar-refractivity contribution in [2.45, 2.75) is 50.7 Å². The van der Waals surface area contributed by atoms with E-state index in [0.29, 0.717) is 6.42 Å². The van der Waals surface area contributed by atoms with Crippen LogP contribution in [0.3, 0.4) is 0 Å². The number of ether oxygens (including phenoxy) is 1. The zero-order valence-electron chi connectivity index (χ0n) is 13.3. The van der Waals surface area contributed by atoms with Crippen molar-refractivity contribution < 1.29 is 17.9 Å². The highest BCUT2D eigenvalue weighted by molar-refractivity contribution is 7.89. The van der Waals surface area contributed by atoms with Crippen molar-refractivity contribution in [1.82, 2.24) is 0 Å². The lowest BCUT2D eigenvalue weighted by Crippen LogP contribution is -2.38. The number of rotatable bonds is 3. The van der Waals surface area contributed by atoms with Gasteiger partial charge in [0.05, 0.1) is 4.90 Å². The van der Waals surface area contributed by atoms with Crippen LogP contribution in [0.5, 0.6) is 0 Å². The maximum atomic E-state index is 12.0. The number of carbonyl (C=O) groups excluding carboxylic acids is 1. The molecule has 1 heterocycles. The number of fused-ring (bicyclic) bond motifs is 1. The Hall–Kier alpha value is -1.60. The summed E-state index contributed by atoms with van der Waals surface area (Å²) in [6.45, 7) is 7.60. The summed E-state index contributed by atoms with van der Waals surface area (Å²) in [5.74, 6) is -0.303. The first-order chi connectivity index (χ1) is 9.97. The Bertz CT molecular complexity index is 692. The summed E-state index contributed by atoms with van der Waals surface area (Å²) in [5, 5.41) is 5.15. The number of sulfonamides is 1. The van der Waals surface area contributed by atoms with Crippen LogP contribution in [-0.2, 0) is 26.0 Å². The molecule has 0 unspecified atom stereocenters. The first-order valence-corrected chi connectivity index (χ1v) is 8.66. The lowest BCUT2D eigenvalue weighted by Gasteiger charge is -2.26. The van der Waals surface area contributed by atoms with Crippen molar-refractivity contribution in [2.24, 2.45) is 5.14 Å². The topological polar surface area (TPSA) is 89.7 Å². The highest BCUT2D eigenvalue weighted by Gasteiger charge is 2.30. The van der Waals surface area contributed by atoms with Crippen LogP contribution in [0.2, 0.25) is 0 Å². The lowest BCUT2D eigenvalue weighted by molar-refractivity contribution is -0.153. The molecule has 122 valence electrons. The van der Waals surface area contributed by atoms with Gasteiger partial charge < -0.3 is 9.64 Å². The summed E-state index contributed by atoms with van der Waals surface area (Å²) in [6.07, 6.45) is 0.668. The van der Waals surface area contributed by atoms with E-state index in [1.807, 2.05) is 32.6 Å². The third kappa shape index (κ3) is 3.78. The average molecular weight is 326 g/mol. The van der Waals surface area contributed by atoms with Gasteiger partial charge in [0, 0.05) is 11.7 Å². The first-order valence-electron chi connectivity index (χ1n) is 7.11. The number of primary sulfonamides is 1. The lowest BCUT2D eigenvalue weighted by atomic mass is 10.1. The Kier molecular flexibility index (Phi) is 4.23. The molecule has 1 aromatic rings. The molecule has 22 heavy (non-hydrogen) atoms. The molecule has 0 radical (unpaired) electrons. The molecule has 2 N–H and O–H groups in total. The van der Waals surface area contributed by atoms with Crippen molar-refractivity contribution in [2.75, 3.05) is 11.4 Å². The van der Waals surface area contributed by atoms with Crippen LogP contribution in [0.4, 0.5) is 5.69 Å². The fourth-order valence-electron chi connectivity index (χ4n) is 2.60. The summed E-state index contributed by atoms with van der Waals surface area (Å²) in [7, 11) is -3.72. The van der Waals surface area contributed by atoms with Crippen molar-refractivity contribution in [3.63, 3.8) is 0 Å². The number of anilines is 1. The molecular formula is C15H22N2O4S. The molecule has 0 spiro atoms.